The first kappa shape index (κ1) is 22.1. The number of ether oxygens (including phenoxy) is 1. The van der Waals surface area contributed by atoms with Gasteiger partial charge in [0.2, 0.25) is 0 Å². The molecule has 1 saturated heterocycles. The molecular formula is C15H34O4Si. The molecule has 0 aromatic rings. The normalized spacial score (nSPS) is 24.1. The van der Waals surface area contributed by atoms with Crippen LogP contribution in [0.4, 0.5) is 0 Å². The maximum atomic E-state index is 5.83. The van der Waals surface area contributed by atoms with E-state index in [4.69, 9.17) is 13.6 Å². The van der Waals surface area contributed by atoms with Crippen LogP contribution in [0.2, 0.25) is 6.04 Å². The van der Waals surface area contributed by atoms with E-state index < -0.39 is 8.56 Å². The lowest BCUT2D eigenvalue weighted by Gasteiger charge is -2.47. The van der Waals surface area contributed by atoms with Gasteiger partial charge in [0.05, 0.1) is 0 Å². The molecule has 1 heterocycles. The zero-order valence-corrected chi connectivity index (χ0v) is 15.0. The van der Waals surface area contributed by atoms with Crippen LogP contribution in [0.1, 0.15) is 52.4 Å². The molecule has 0 bridgehead atoms. The van der Waals surface area contributed by atoms with Gasteiger partial charge in [-0.2, -0.15) is 0 Å². The molecule has 0 amide bonds. The SMILES string of the molecule is C=CCC.CCCC1(OC)CCCC[Si]1(OC)OC.O. The highest BCUT2D eigenvalue weighted by Crippen LogP contribution is 2.42. The molecule has 0 aliphatic carbocycles. The molecule has 122 valence electrons. The summed E-state index contributed by atoms with van der Waals surface area (Å²) >= 11 is 0. The quantitative estimate of drug-likeness (QED) is 0.558. The first-order valence-corrected chi connectivity index (χ1v) is 9.40. The molecule has 5 heteroatoms. The van der Waals surface area contributed by atoms with Crippen LogP contribution in [0.3, 0.4) is 0 Å². The number of hydrogen-bond acceptors (Lipinski definition) is 3. The van der Waals surface area contributed by atoms with E-state index in [1.165, 1.54) is 12.8 Å². The number of allylic oxidation sites excluding steroid dienone is 1. The van der Waals surface area contributed by atoms with Gasteiger partial charge in [0.15, 0.2) is 0 Å². The summed E-state index contributed by atoms with van der Waals surface area (Å²) in [7, 11) is 3.22. The molecule has 0 spiro atoms. The predicted molar refractivity (Wildman–Crippen MR) is 87.2 cm³/mol. The van der Waals surface area contributed by atoms with Gasteiger partial charge in [0, 0.05) is 21.3 Å². The lowest BCUT2D eigenvalue weighted by molar-refractivity contribution is -0.0149. The molecule has 4 nitrogen and oxygen atoms in total. The minimum absolute atomic E-state index is 0. The minimum Gasteiger partial charge on any atom is -0.412 e. The smallest absolute Gasteiger partial charge is 0.370 e. The summed E-state index contributed by atoms with van der Waals surface area (Å²) in [6, 6.07) is 1.06. The highest BCUT2D eigenvalue weighted by Gasteiger charge is 2.58. The summed E-state index contributed by atoms with van der Waals surface area (Å²) in [5.74, 6) is 0. The lowest BCUT2D eigenvalue weighted by atomic mass is 10.1. The molecule has 2 N–H and O–H groups in total. The van der Waals surface area contributed by atoms with Crippen LogP contribution >= 0.6 is 0 Å². The zero-order chi connectivity index (χ0) is 14.8. The highest BCUT2D eigenvalue weighted by atomic mass is 28.4. The third-order valence-corrected chi connectivity index (χ3v) is 8.45. The molecule has 0 aromatic heterocycles. The number of hydrogen-bond donors (Lipinski definition) is 0. The predicted octanol–water partition coefficient (Wildman–Crippen LogP) is 3.39. The minimum atomic E-state index is -2.15. The van der Waals surface area contributed by atoms with Gasteiger partial charge in [0.1, 0.15) is 5.22 Å². The summed E-state index contributed by atoms with van der Waals surface area (Å²) < 4.78 is 17.4. The Hall–Kier alpha value is -0.203. The first-order chi connectivity index (χ1) is 9.11. The Morgan fingerprint density at radius 3 is 2.05 bits per heavy atom. The third kappa shape index (κ3) is 4.97. The fourth-order valence-electron chi connectivity index (χ4n) is 2.92. The molecule has 1 rings (SSSR count). The highest BCUT2D eigenvalue weighted by molar-refractivity contribution is 6.70. The van der Waals surface area contributed by atoms with Crippen LogP contribution in [0.15, 0.2) is 12.7 Å². The molecule has 1 aliphatic rings. The number of rotatable bonds is 6. The van der Waals surface area contributed by atoms with E-state index in [0.29, 0.717) is 0 Å². The van der Waals surface area contributed by atoms with Crippen molar-refractivity contribution in [3.05, 3.63) is 12.7 Å². The van der Waals surface area contributed by atoms with Crippen molar-refractivity contribution in [2.24, 2.45) is 0 Å². The first-order valence-electron chi connectivity index (χ1n) is 7.38. The summed E-state index contributed by atoms with van der Waals surface area (Å²) in [5.41, 5.74) is 0. The summed E-state index contributed by atoms with van der Waals surface area (Å²) in [5, 5.41) is -0.122. The fraction of sp³-hybridized carbons (Fsp3) is 0.867. The van der Waals surface area contributed by atoms with E-state index in [2.05, 4.69) is 20.4 Å². The lowest BCUT2D eigenvalue weighted by Crippen LogP contribution is -2.64. The van der Waals surface area contributed by atoms with E-state index in [-0.39, 0.29) is 10.7 Å². The van der Waals surface area contributed by atoms with Crippen molar-refractivity contribution in [3.63, 3.8) is 0 Å². The molecule has 0 radical (unpaired) electrons. The van der Waals surface area contributed by atoms with Gasteiger partial charge < -0.3 is 19.1 Å². The van der Waals surface area contributed by atoms with Crippen molar-refractivity contribution in [3.8, 4) is 0 Å². The second kappa shape index (κ2) is 11.5. The Bertz CT molecular complexity index is 240. The van der Waals surface area contributed by atoms with E-state index in [1.807, 2.05) is 6.08 Å². The monoisotopic (exact) mass is 306 g/mol. The van der Waals surface area contributed by atoms with Crippen molar-refractivity contribution < 1.29 is 19.1 Å². The van der Waals surface area contributed by atoms with Gasteiger partial charge in [-0.3, -0.25) is 0 Å². The third-order valence-electron chi connectivity index (χ3n) is 4.02. The zero-order valence-electron chi connectivity index (χ0n) is 14.0. The van der Waals surface area contributed by atoms with Gasteiger partial charge in [-0.1, -0.05) is 39.2 Å². The Labute approximate surface area is 126 Å². The van der Waals surface area contributed by atoms with Crippen LogP contribution in [0.5, 0.6) is 0 Å². The second-order valence-electron chi connectivity index (χ2n) is 5.01. The molecule has 1 aliphatic heterocycles. The van der Waals surface area contributed by atoms with Gasteiger partial charge in [-0.25, -0.2) is 0 Å². The van der Waals surface area contributed by atoms with Crippen LogP contribution in [0, 0.1) is 0 Å². The summed E-state index contributed by atoms with van der Waals surface area (Å²) in [6.07, 6.45) is 8.66. The Morgan fingerprint density at radius 1 is 1.15 bits per heavy atom. The maximum Gasteiger partial charge on any atom is 0.370 e. The largest absolute Gasteiger partial charge is 0.412 e. The van der Waals surface area contributed by atoms with Gasteiger partial charge in [-0.05, 0) is 25.3 Å². The van der Waals surface area contributed by atoms with Gasteiger partial charge in [0.25, 0.3) is 0 Å². The van der Waals surface area contributed by atoms with Crippen molar-refractivity contribution in [2.45, 2.75) is 63.6 Å². The molecule has 1 unspecified atom stereocenters. The average Bonchev–Trinajstić information content (AvgIpc) is 2.48. The van der Waals surface area contributed by atoms with Crippen LogP contribution in [-0.2, 0) is 13.6 Å². The van der Waals surface area contributed by atoms with Crippen molar-refractivity contribution in [2.75, 3.05) is 21.3 Å². The fourth-order valence-corrected chi connectivity index (χ4v) is 6.91. The van der Waals surface area contributed by atoms with Crippen molar-refractivity contribution in [1.82, 2.24) is 0 Å². The molecule has 0 aromatic carbocycles. The average molecular weight is 307 g/mol. The van der Waals surface area contributed by atoms with E-state index in [0.717, 1.165) is 31.7 Å². The molecular weight excluding hydrogens is 272 g/mol. The standard InChI is InChI=1S/C11H24O3Si.C4H8.H2O/c1-5-8-11(12-2)9-6-7-10-15(11,13-3)14-4;1-3-4-2;/h5-10H2,1-4H3;3H,1,4H2,2H3;1H2. The van der Waals surface area contributed by atoms with E-state index >= 15 is 0 Å². The van der Waals surface area contributed by atoms with Gasteiger partial charge in [-0.15, -0.1) is 6.58 Å². The summed E-state index contributed by atoms with van der Waals surface area (Å²) in [4.78, 5) is 0. The van der Waals surface area contributed by atoms with Crippen LogP contribution < -0.4 is 0 Å². The van der Waals surface area contributed by atoms with Crippen LogP contribution in [0.25, 0.3) is 0 Å². The molecule has 1 fully saturated rings. The Morgan fingerprint density at radius 2 is 1.70 bits per heavy atom. The molecule has 1 atom stereocenters. The Balaban J connectivity index is 0. The van der Waals surface area contributed by atoms with Crippen LogP contribution in [-0.4, -0.2) is 40.6 Å². The van der Waals surface area contributed by atoms with Gasteiger partial charge >= 0.3 is 8.56 Å². The summed E-state index contributed by atoms with van der Waals surface area (Å²) in [6.45, 7) is 7.74. The topological polar surface area (TPSA) is 59.2 Å². The van der Waals surface area contributed by atoms with Crippen molar-refractivity contribution in [1.29, 1.82) is 0 Å². The van der Waals surface area contributed by atoms with E-state index in [9.17, 15) is 0 Å². The van der Waals surface area contributed by atoms with Crippen molar-refractivity contribution >= 4 is 8.56 Å². The Kier molecular flexibility index (Phi) is 12.6. The second-order valence-corrected chi connectivity index (χ2v) is 8.75. The molecule has 0 saturated carbocycles. The number of methoxy groups -OCH3 is 1. The van der Waals surface area contributed by atoms with E-state index in [1.54, 1.807) is 21.3 Å². The molecule has 20 heavy (non-hydrogen) atoms. The maximum absolute atomic E-state index is 5.83.